The van der Waals surface area contributed by atoms with Crippen molar-refractivity contribution < 1.29 is 9.84 Å². The summed E-state index contributed by atoms with van der Waals surface area (Å²) in [5, 5.41) is 11.5. The predicted molar refractivity (Wildman–Crippen MR) is 134 cm³/mol. The Bertz CT molecular complexity index is 1380. The van der Waals surface area contributed by atoms with Crippen molar-refractivity contribution in [2.75, 3.05) is 0 Å². The van der Waals surface area contributed by atoms with E-state index in [2.05, 4.69) is 40.2 Å². The van der Waals surface area contributed by atoms with Crippen LogP contribution in [0, 0.1) is 0 Å². The van der Waals surface area contributed by atoms with Crippen LogP contribution in [0.2, 0.25) is 10.0 Å². The molecular weight excluding hydrogens is 527 g/mol. The third-order valence-electron chi connectivity index (χ3n) is 5.72. The van der Waals surface area contributed by atoms with Crippen LogP contribution < -0.4 is 5.69 Å². The lowest BCUT2D eigenvalue weighted by Crippen LogP contribution is -2.26. The second-order valence-electron chi connectivity index (χ2n) is 7.97. The first-order chi connectivity index (χ1) is 15.9. The van der Waals surface area contributed by atoms with E-state index in [4.69, 9.17) is 27.9 Å². The summed E-state index contributed by atoms with van der Waals surface area (Å²) in [7, 11) is 0. The molecule has 1 aliphatic heterocycles. The molecule has 5 nitrogen and oxygen atoms in total. The molecule has 5 rings (SSSR count). The number of fused-ring (bicyclic) bond motifs is 1. The van der Waals surface area contributed by atoms with Crippen molar-refractivity contribution in [3.8, 4) is 22.7 Å². The van der Waals surface area contributed by atoms with Crippen molar-refractivity contribution >= 4 is 39.1 Å². The van der Waals surface area contributed by atoms with E-state index < -0.39 is 0 Å². The van der Waals surface area contributed by atoms with Crippen molar-refractivity contribution in [2.24, 2.45) is 0 Å². The summed E-state index contributed by atoms with van der Waals surface area (Å²) < 4.78 is 9.92. The first-order valence-electron chi connectivity index (χ1n) is 10.4. The number of rotatable bonds is 5. The zero-order chi connectivity index (χ0) is 23.1. The predicted octanol–water partition coefficient (Wildman–Crippen LogP) is 6.22. The lowest BCUT2D eigenvalue weighted by molar-refractivity contribution is 0.0409. The molecule has 3 aromatic carbocycles. The fourth-order valence-corrected chi connectivity index (χ4v) is 4.94. The van der Waals surface area contributed by atoms with Gasteiger partial charge in [0.15, 0.2) is 0 Å². The van der Waals surface area contributed by atoms with E-state index in [0.29, 0.717) is 41.0 Å². The zero-order valence-corrected chi connectivity index (χ0v) is 20.4. The lowest BCUT2D eigenvalue weighted by Gasteiger charge is -2.13. The highest BCUT2D eigenvalue weighted by Gasteiger charge is 2.31. The Balaban J connectivity index is 1.31. The van der Waals surface area contributed by atoms with Crippen LogP contribution in [-0.2, 0) is 24.3 Å². The van der Waals surface area contributed by atoms with Crippen LogP contribution in [0.4, 0.5) is 0 Å². The number of benzene rings is 3. The van der Waals surface area contributed by atoms with Crippen molar-refractivity contribution in [3.05, 3.63) is 103 Å². The minimum absolute atomic E-state index is 0.110. The van der Waals surface area contributed by atoms with E-state index in [1.807, 2.05) is 24.3 Å². The van der Waals surface area contributed by atoms with Gasteiger partial charge in [0.05, 0.1) is 30.6 Å². The number of imidazole rings is 1. The molecule has 0 aliphatic carbocycles. The molecule has 1 aliphatic rings. The average Bonchev–Trinajstić information content (AvgIpc) is 3.31. The van der Waals surface area contributed by atoms with Gasteiger partial charge in [0.1, 0.15) is 0 Å². The molecule has 1 N–H and O–H groups in total. The molecule has 0 bridgehead atoms. The molecule has 0 spiro atoms. The maximum absolute atomic E-state index is 13.0. The molecule has 2 heterocycles. The van der Waals surface area contributed by atoms with Gasteiger partial charge in [-0.2, -0.15) is 0 Å². The number of ether oxygens (including phenoxy) is 1. The van der Waals surface area contributed by atoms with Gasteiger partial charge in [-0.25, -0.2) is 9.36 Å². The Morgan fingerprint density at radius 1 is 1.00 bits per heavy atom. The normalized spacial score (nSPS) is 15.1. The van der Waals surface area contributed by atoms with Crippen LogP contribution in [0.3, 0.4) is 0 Å². The molecule has 0 radical (unpaired) electrons. The smallest absolute Gasteiger partial charge is 0.336 e. The minimum Gasteiger partial charge on any atom is -0.493 e. The fourth-order valence-electron chi connectivity index (χ4n) is 4.16. The second-order valence-corrected chi connectivity index (χ2v) is 9.76. The molecule has 168 valence electrons. The molecule has 0 fully saturated rings. The Hall–Kier alpha value is -2.51. The van der Waals surface area contributed by atoms with Gasteiger partial charge >= 0.3 is 5.69 Å². The van der Waals surface area contributed by atoms with Gasteiger partial charge in [0.25, 0.3) is 0 Å². The van der Waals surface area contributed by atoms with E-state index in [0.717, 1.165) is 21.2 Å². The molecule has 0 amide bonds. The van der Waals surface area contributed by atoms with Crippen LogP contribution in [-0.4, -0.2) is 20.3 Å². The molecule has 1 atom stereocenters. The van der Waals surface area contributed by atoms with E-state index in [1.54, 1.807) is 22.8 Å². The number of hydrogen-bond donors (Lipinski definition) is 1. The largest absolute Gasteiger partial charge is 0.493 e. The summed E-state index contributed by atoms with van der Waals surface area (Å²) in [6.07, 6.45) is 0.238. The summed E-state index contributed by atoms with van der Waals surface area (Å²) in [6, 6.07) is 21.1. The highest BCUT2D eigenvalue weighted by atomic mass is 79.9. The van der Waals surface area contributed by atoms with Crippen LogP contribution in [0.15, 0.2) is 76.0 Å². The maximum atomic E-state index is 13.0. The van der Waals surface area contributed by atoms with Crippen molar-refractivity contribution in [3.63, 3.8) is 0 Å². The highest BCUT2D eigenvalue weighted by Crippen LogP contribution is 2.30. The molecule has 33 heavy (non-hydrogen) atoms. The van der Waals surface area contributed by atoms with Crippen molar-refractivity contribution in [1.82, 2.24) is 9.13 Å². The first kappa shape index (κ1) is 22.3. The number of halogens is 3. The van der Waals surface area contributed by atoms with Gasteiger partial charge in [-0.3, -0.25) is 4.57 Å². The monoisotopic (exact) mass is 544 g/mol. The SMILES string of the molecule is O=c1n2c(c(O)n1-c1cc(Cl)cc(Cl)c1)C[C@H](OCc1cccc(-c3ccc(Br)cc3)c1)C2. The van der Waals surface area contributed by atoms with Gasteiger partial charge in [0.2, 0.25) is 5.88 Å². The second kappa shape index (κ2) is 9.03. The number of hydrogen-bond acceptors (Lipinski definition) is 3. The third kappa shape index (κ3) is 4.49. The van der Waals surface area contributed by atoms with Gasteiger partial charge in [0, 0.05) is 20.9 Å². The Kier molecular flexibility index (Phi) is 6.10. The molecule has 0 saturated heterocycles. The van der Waals surface area contributed by atoms with Crippen molar-refractivity contribution in [2.45, 2.75) is 25.7 Å². The van der Waals surface area contributed by atoms with E-state index in [1.165, 1.54) is 4.57 Å². The number of aromatic hydroxyl groups is 1. The minimum atomic E-state index is -0.343. The quantitative estimate of drug-likeness (QED) is 0.324. The van der Waals surface area contributed by atoms with E-state index in [-0.39, 0.29) is 17.7 Å². The average molecular weight is 546 g/mol. The van der Waals surface area contributed by atoms with Crippen LogP contribution in [0.5, 0.6) is 5.88 Å². The van der Waals surface area contributed by atoms with Crippen LogP contribution in [0.1, 0.15) is 11.3 Å². The van der Waals surface area contributed by atoms with Crippen molar-refractivity contribution in [1.29, 1.82) is 0 Å². The number of aromatic nitrogens is 2. The van der Waals surface area contributed by atoms with Gasteiger partial charge < -0.3 is 9.84 Å². The summed E-state index contributed by atoms with van der Waals surface area (Å²) >= 11 is 15.6. The van der Waals surface area contributed by atoms with Gasteiger partial charge in [-0.05, 0) is 53.1 Å². The van der Waals surface area contributed by atoms with Crippen LogP contribution >= 0.6 is 39.1 Å². The fraction of sp³-hybridized carbons (Fsp3) is 0.160. The Morgan fingerprint density at radius 2 is 1.73 bits per heavy atom. The summed E-state index contributed by atoms with van der Waals surface area (Å²) in [5.74, 6) is -0.110. The lowest BCUT2D eigenvalue weighted by atomic mass is 10.0. The summed E-state index contributed by atoms with van der Waals surface area (Å²) in [5.41, 5.74) is 3.92. The molecular formula is C25H19BrCl2N2O3. The van der Waals surface area contributed by atoms with E-state index >= 15 is 0 Å². The van der Waals surface area contributed by atoms with Gasteiger partial charge in [-0.1, -0.05) is 69.5 Å². The molecule has 0 saturated carbocycles. The highest BCUT2D eigenvalue weighted by molar-refractivity contribution is 9.10. The summed E-state index contributed by atoms with van der Waals surface area (Å²) in [6.45, 7) is 0.786. The Morgan fingerprint density at radius 3 is 2.42 bits per heavy atom. The first-order valence-corrected chi connectivity index (χ1v) is 11.9. The number of nitrogens with zero attached hydrogens (tertiary/aromatic N) is 2. The molecule has 1 aromatic heterocycles. The molecule has 8 heteroatoms. The zero-order valence-electron chi connectivity index (χ0n) is 17.3. The van der Waals surface area contributed by atoms with Crippen LogP contribution in [0.25, 0.3) is 16.8 Å². The maximum Gasteiger partial charge on any atom is 0.336 e. The standard InChI is InChI=1S/C25H19BrCl2N2O3/c26-18-6-4-16(5-7-18)17-3-1-2-15(8-17)14-33-22-12-23-24(31)30(25(32)29(23)13-22)21-10-19(27)9-20(28)11-21/h1-11,22,31H,12-14H2/t22-/m0/s1. The topological polar surface area (TPSA) is 56.4 Å². The third-order valence-corrected chi connectivity index (χ3v) is 6.69. The Labute approximate surface area is 208 Å². The van der Waals surface area contributed by atoms with E-state index in [9.17, 15) is 9.90 Å². The molecule has 4 aromatic rings. The van der Waals surface area contributed by atoms with Gasteiger partial charge in [-0.15, -0.1) is 0 Å². The molecule has 0 unspecified atom stereocenters. The summed E-state index contributed by atoms with van der Waals surface area (Å²) in [4.78, 5) is 13.0.